The summed E-state index contributed by atoms with van der Waals surface area (Å²) in [6.45, 7) is 0. The second-order valence-corrected chi connectivity index (χ2v) is 5.89. The standard InChI is InChI=1S/C14H16ClNO7/c15-12(20)9-10(18)14(22,11(19)13(21)23-9)16-5-8(17)6-3-1-2-4-7(6)16/h1-5,9-13,17-22H/t9-,10+,11+,12?,13-,14-/m0/s1. The molecule has 126 valence electrons. The number of aromatic nitrogens is 1. The second kappa shape index (κ2) is 5.60. The molecule has 1 unspecified atom stereocenters. The van der Waals surface area contributed by atoms with Crippen molar-refractivity contribution in [1.82, 2.24) is 4.57 Å². The molecule has 0 aliphatic carbocycles. The van der Waals surface area contributed by atoms with E-state index in [-0.39, 0.29) is 5.75 Å². The predicted molar refractivity (Wildman–Crippen MR) is 78.5 cm³/mol. The highest BCUT2D eigenvalue weighted by molar-refractivity contribution is 6.19. The van der Waals surface area contributed by atoms with Crippen LogP contribution < -0.4 is 0 Å². The Kier molecular flexibility index (Phi) is 4.01. The third kappa shape index (κ3) is 2.31. The molecule has 0 saturated carbocycles. The monoisotopic (exact) mass is 345 g/mol. The number of para-hydroxylation sites is 1. The molecule has 1 aromatic carbocycles. The molecule has 0 amide bonds. The molecule has 0 bridgehead atoms. The van der Waals surface area contributed by atoms with Crippen LogP contribution in [0, 0.1) is 0 Å². The minimum Gasteiger partial charge on any atom is -0.506 e. The molecule has 1 saturated heterocycles. The van der Waals surface area contributed by atoms with E-state index in [1.54, 1.807) is 24.3 Å². The molecule has 1 aliphatic heterocycles. The summed E-state index contributed by atoms with van der Waals surface area (Å²) in [5.74, 6) is -0.197. The lowest BCUT2D eigenvalue weighted by atomic mass is 9.91. The van der Waals surface area contributed by atoms with Gasteiger partial charge in [-0.05, 0) is 12.1 Å². The van der Waals surface area contributed by atoms with Gasteiger partial charge >= 0.3 is 0 Å². The number of hydrogen-bond acceptors (Lipinski definition) is 7. The van der Waals surface area contributed by atoms with Gasteiger partial charge in [0.1, 0.15) is 18.0 Å². The van der Waals surface area contributed by atoms with Crippen LogP contribution in [0.1, 0.15) is 0 Å². The predicted octanol–water partition coefficient (Wildman–Crippen LogP) is -1.01. The summed E-state index contributed by atoms with van der Waals surface area (Å²) in [6.07, 6.45) is -6.22. The lowest BCUT2D eigenvalue weighted by Gasteiger charge is -2.47. The highest BCUT2D eigenvalue weighted by atomic mass is 35.5. The van der Waals surface area contributed by atoms with E-state index in [9.17, 15) is 30.6 Å². The number of aliphatic hydroxyl groups excluding tert-OH is 4. The Morgan fingerprint density at radius 3 is 2.48 bits per heavy atom. The van der Waals surface area contributed by atoms with Crippen LogP contribution in [0.3, 0.4) is 0 Å². The average Bonchev–Trinajstić information content (AvgIpc) is 2.86. The van der Waals surface area contributed by atoms with E-state index < -0.39 is 35.9 Å². The molecular formula is C14H16ClNO7. The molecule has 1 fully saturated rings. The first kappa shape index (κ1) is 16.5. The fourth-order valence-corrected chi connectivity index (χ4v) is 3.09. The molecule has 6 N–H and O–H groups in total. The zero-order valence-electron chi connectivity index (χ0n) is 11.7. The first-order chi connectivity index (χ1) is 10.8. The fraction of sp³-hybridized carbons (Fsp3) is 0.429. The van der Waals surface area contributed by atoms with Crippen LogP contribution >= 0.6 is 11.6 Å². The number of aliphatic hydroxyl groups is 5. The number of ether oxygens (including phenoxy) is 1. The van der Waals surface area contributed by atoms with E-state index >= 15 is 0 Å². The summed E-state index contributed by atoms with van der Waals surface area (Å²) in [5.41, 5.74) is -3.93. The lowest BCUT2D eigenvalue weighted by Crippen LogP contribution is -2.68. The number of benzene rings is 1. The first-order valence-corrected chi connectivity index (χ1v) is 7.25. The van der Waals surface area contributed by atoms with Crippen molar-refractivity contribution in [3.63, 3.8) is 0 Å². The maximum atomic E-state index is 10.9. The van der Waals surface area contributed by atoms with Crippen LogP contribution in [0.15, 0.2) is 30.5 Å². The van der Waals surface area contributed by atoms with Gasteiger partial charge in [0.2, 0.25) is 5.72 Å². The normalized spacial score (nSPS) is 36.3. The van der Waals surface area contributed by atoms with Crippen molar-refractivity contribution in [3.8, 4) is 5.75 Å². The third-order valence-electron chi connectivity index (χ3n) is 4.10. The van der Waals surface area contributed by atoms with Gasteiger partial charge in [-0.3, -0.25) is 0 Å². The van der Waals surface area contributed by atoms with Crippen LogP contribution in [-0.2, 0) is 10.5 Å². The molecule has 8 nitrogen and oxygen atoms in total. The van der Waals surface area contributed by atoms with E-state index in [1.165, 1.54) is 0 Å². The van der Waals surface area contributed by atoms with Crippen LogP contribution in [0.4, 0.5) is 0 Å². The Morgan fingerprint density at radius 2 is 1.83 bits per heavy atom. The van der Waals surface area contributed by atoms with E-state index in [0.717, 1.165) is 10.8 Å². The van der Waals surface area contributed by atoms with E-state index in [1.807, 2.05) is 0 Å². The summed E-state index contributed by atoms with van der Waals surface area (Å²) in [7, 11) is 0. The smallest absolute Gasteiger partial charge is 0.202 e. The quantitative estimate of drug-likeness (QED) is 0.384. The number of aromatic hydroxyl groups is 1. The highest BCUT2D eigenvalue weighted by Gasteiger charge is 2.58. The molecule has 9 heteroatoms. The maximum absolute atomic E-state index is 10.9. The van der Waals surface area contributed by atoms with Gasteiger partial charge in [0.25, 0.3) is 0 Å². The third-order valence-corrected chi connectivity index (χ3v) is 4.34. The highest BCUT2D eigenvalue weighted by Crippen LogP contribution is 2.39. The number of fused-ring (bicyclic) bond motifs is 1. The molecule has 1 aromatic heterocycles. The van der Waals surface area contributed by atoms with Gasteiger partial charge in [-0.1, -0.05) is 23.7 Å². The van der Waals surface area contributed by atoms with Crippen molar-refractivity contribution in [3.05, 3.63) is 30.5 Å². The van der Waals surface area contributed by atoms with Gasteiger partial charge in [-0.15, -0.1) is 0 Å². The van der Waals surface area contributed by atoms with Gasteiger partial charge in [0, 0.05) is 11.6 Å². The Hall–Kier alpha value is -1.39. The number of hydrogen-bond donors (Lipinski definition) is 6. The fourth-order valence-electron chi connectivity index (χ4n) is 2.89. The van der Waals surface area contributed by atoms with Crippen molar-refractivity contribution in [2.75, 3.05) is 0 Å². The molecule has 2 heterocycles. The first-order valence-electron chi connectivity index (χ1n) is 6.82. The van der Waals surface area contributed by atoms with Crippen LogP contribution in [0.5, 0.6) is 5.75 Å². The Labute approximate surface area is 135 Å². The molecule has 3 rings (SSSR count). The SMILES string of the molecule is Oc1cn([C@]2(O)[C@H](O)[C@@H](C(O)Cl)O[C@H](O)[C@H]2O)c2ccccc12. The second-order valence-electron chi connectivity index (χ2n) is 5.44. The molecular weight excluding hydrogens is 330 g/mol. The molecule has 6 atom stereocenters. The van der Waals surface area contributed by atoms with Crippen molar-refractivity contribution in [2.45, 2.75) is 35.9 Å². The van der Waals surface area contributed by atoms with Gasteiger partial charge in [-0.25, -0.2) is 0 Å². The van der Waals surface area contributed by atoms with Crippen molar-refractivity contribution in [1.29, 1.82) is 0 Å². The molecule has 2 aromatic rings. The Morgan fingerprint density at radius 1 is 1.17 bits per heavy atom. The van der Waals surface area contributed by atoms with Crippen molar-refractivity contribution < 1.29 is 35.4 Å². The van der Waals surface area contributed by atoms with Crippen LogP contribution in [0.2, 0.25) is 0 Å². The Bertz CT molecular complexity index is 720. The van der Waals surface area contributed by atoms with Gasteiger partial charge < -0.3 is 39.9 Å². The van der Waals surface area contributed by atoms with E-state index in [0.29, 0.717) is 10.9 Å². The summed E-state index contributed by atoms with van der Waals surface area (Å²) in [6, 6.07) is 6.41. The minimum atomic E-state index is -2.49. The van der Waals surface area contributed by atoms with Crippen LogP contribution in [0.25, 0.3) is 10.9 Å². The Balaban J connectivity index is 2.20. The van der Waals surface area contributed by atoms with Gasteiger partial charge in [0.05, 0.1) is 5.52 Å². The molecule has 23 heavy (non-hydrogen) atoms. The van der Waals surface area contributed by atoms with E-state index in [4.69, 9.17) is 16.3 Å². The summed E-state index contributed by atoms with van der Waals surface area (Å²) in [5, 5.41) is 61.1. The summed E-state index contributed by atoms with van der Waals surface area (Å²) in [4.78, 5) is 0. The number of rotatable bonds is 2. The summed E-state index contributed by atoms with van der Waals surface area (Å²) >= 11 is 5.51. The average molecular weight is 346 g/mol. The zero-order chi connectivity index (χ0) is 16.9. The lowest BCUT2D eigenvalue weighted by molar-refractivity contribution is -0.349. The largest absolute Gasteiger partial charge is 0.506 e. The van der Waals surface area contributed by atoms with Gasteiger partial charge in [-0.2, -0.15) is 0 Å². The number of nitrogens with zero attached hydrogens (tertiary/aromatic N) is 1. The van der Waals surface area contributed by atoms with Gasteiger partial charge in [0.15, 0.2) is 18.0 Å². The van der Waals surface area contributed by atoms with Crippen LogP contribution in [-0.4, -0.2) is 65.4 Å². The maximum Gasteiger partial charge on any atom is 0.202 e. The minimum absolute atomic E-state index is 0.197. The molecule has 0 radical (unpaired) electrons. The summed E-state index contributed by atoms with van der Waals surface area (Å²) < 4.78 is 5.86. The molecule has 1 aliphatic rings. The van der Waals surface area contributed by atoms with E-state index in [2.05, 4.69) is 0 Å². The van der Waals surface area contributed by atoms with Crippen molar-refractivity contribution >= 4 is 22.5 Å². The number of alkyl halides is 1. The zero-order valence-corrected chi connectivity index (χ0v) is 12.4. The number of halogens is 1. The topological polar surface area (TPSA) is 136 Å². The van der Waals surface area contributed by atoms with Crippen molar-refractivity contribution in [2.24, 2.45) is 0 Å². The molecule has 0 spiro atoms.